The normalized spacial score (nSPS) is 19.6. The van der Waals surface area contributed by atoms with Crippen LogP contribution in [-0.2, 0) is 16.1 Å². The molecule has 2 N–H and O–H groups in total. The maximum atomic E-state index is 13.6. The third kappa shape index (κ3) is 4.43. The minimum absolute atomic E-state index is 0.0437. The highest BCUT2D eigenvalue weighted by Gasteiger charge is 2.42. The molecule has 3 heterocycles. The number of benzene rings is 2. The van der Waals surface area contributed by atoms with Crippen LogP contribution in [0, 0.1) is 5.41 Å². The first-order valence-electron chi connectivity index (χ1n) is 12.5. The molecule has 1 atom stereocenters. The number of hydrogen-bond donors (Lipinski definition) is 2. The van der Waals surface area contributed by atoms with Crippen molar-refractivity contribution in [1.29, 1.82) is 0 Å². The van der Waals surface area contributed by atoms with Crippen molar-refractivity contribution in [3.05, 3.63) is 83.5 Å². The highest BCUT2D eigenvalue weighted by atomic mass is 16.7. The van der Waals surface area contributed by atoms with E-state index >= 15 is 0 Å². The van der Waals surface area contributed by atoms with Crippen molar-refractivity contribution in [2.75, 3.05) is 23.6 Å². The number of allylic oxidation sites excluding steroid dienone is 1. The van der Waals surface area contributed by atoms with Crippen LogP contribution in [0.3, 0.4) is 0 Å². The number of nitrogens with one attached hydrogen (secondary N) is 2. The van der Waals surface area contributed by atoms with Gasteiger partial charge in [0.05, 0.1) is 24.2 Å². The van der Waals surface area contributed by atoms with E-state index in [0.717, 1.165) is 29.1 Å². The van der Waals surface area contributed by atoms with Crippen LogP contribution in [0.15, 0.2) is 76.5 Å². The lowest BCUT2D eigenvalue weighted by molar-refractivity contribution is -0.121. The molecule has 2 aliphatic heterocycles. The number of carbonyl (C=O) groups excluding carboxylic acids is 2. The van der Waals surface area contributed by atoms with E-state index < -0.39 is 6.04 Å². The number of rotatable bonds is 5. The van der Waals surface area contributed by atoms with Crippen LogP contribution < -0.4 is 25.0 Å². The van der Waals surface area contributed by atoms with E-state index in [1.54, 1.807) is 6.26 Å². The number of carbonyl (C=O) groups is 2. The van der Waals surface area contributed by atoms with Crippen LogP contribution in [0.5, 0.6) is 11.5 Å². The first kappa shape index (κ1) is 23.2. The average Bonchev–Trinajstić information content (AvgIpc) is 3.53. The molecule has 1 unspecified atom stereocenters. The molecule has 8 nitrogen and oxygen atoms in total. The summed E-state index contributed by atoms with van der Waals surface area (Å²) in [7, 11) is 0. The highest BCUT2D eigenvalue weighted by Crippen LogP contribution is 2.48. The summed E-state index contributed by atoms with van der Waals surface area (Å²) in [6, 6.07) is 16.6. The zero-order valence-corrected chi connectivity index (χ0v) is 20.9. The standard InChI is InChI=1S/C29H29N3O5/c1-29(2)13-20-27(22(33)14-29)28(24-8-5-11-35-24)32(21-7-4-3-6-19(21)31-20)16-26(34)30-15-18-9-10-23-25(12-18)37-17-36-23/h3-12,28,31H,13-17H2,1-2H3,(H,30,34). The van der Waals surface area contributed by atoms with Gasteiger partial charge in [-0.05, 0) is 53.8 Å². The molecule has 0 radical (unpaired) electrons. The molecule has 1 amide bonds. The quantitative estimate of drug-likeness (QED) is 0.514. The zero-order valence-electron chi connectivity index (χ0n) is 20.9. The number of anilines is 2. The number of ketones is 1. The van der Waals surface area contributed by atoms with Gasteiger partial charge in [-0.1, -0.05) is 32.0 Å². The Morgan fingerprint density at radius 3 is 2.76 bits per heavy atom. The third-order valence-electron chi connectivity index (χ3n) is 7.06. The Labute approximate surface area is 215 Å². The number of para-hydroxylation sites is 2. The molecule has 0 spiro atoms. The van der Waals surface area contributed by atoms with Crippen molar-refractivity contribution in [3.63, 3.8) is 0 Å². The molecule has 2 aromatic carbocycles. The van der Waals surface area contributed by atoms with E-state index in [1.165, 1.54) is 0 Å². The Balaban J connectivity index is 1.33. The average molecular weight is 500 g/mol. The van der Waals surface area contributed by atoms with Gasteiger partial charge in [-0.15, -0.1) is 0 Å². The van der Waals surface area contributed by atoms with Gasteiger partial charge < -0.3 is 29.4 Å². The molecule has 190 valence electrons. The highest BCUT2D eigenvalue weighted by molar-refractivity contribution is 6.01. The summed E-state index contributed by atoms with van der Waals surface area (Å²) in [4.78, 5) is 28.9. The maximum absolute atomic E-state index is 13.6. The number of hydrogen-bond acceptors (Lipinski definition) is 7. The van der Waals surface area contributed by atoms with Gasteiger partial charge in [0, 0.05) is 24.2 Å². The minimum atomic E-state index is -0.527. The largest absolute Gasteiger partial charge is 0.467 e. The van der Waals surface area contributed by atoms with E-state index in [9.17, 15) is 9.59 Å². The summed E-state index contributed by atoms with van der Waals surface area (Å²) in [5, 5.41) is 6.56. The summed E-state index contributed by atoms with van der Waals surface area (Å²) < 4.78 is 16.7. The van der Waals surface area contributed by atoms with Crippen molar-refractivity contribution in [2.24, 2.45) is 5.41 Å². The molecule has 0 fully saturated rings. The van der Waals surface area contributed by atoms with Crippen LogP contribution in [0.25, 0.3) is 0 Å². The van der Waals surface area contributed by atoms with Gasteiger partial charge in [0.15, 0.2) is 17.3 Å². The number of fused-ring (bicyclic) bond motifs is 2. The summed E-state index contributed by atoms with van der Waals surface area (Å²) in [6.07, 6.45) is 2.77. The fourth-order valence-corrected chi connectivity index (χ4v) is 5.43. The van der Waals surface area contributed by atoms with Crippen LogP contribution >= 0.6 is 0 Å². The molecule has 1 aromatic heterocycles. The van der Waals surface area contributed by atoms with Crippen LogP contribution in [0.1, 0.15) is 44.1 Å². The molecule has 3 aromatic rings. The number of amides is 1. The smallest absolute Gasteiger partial charge is 0.239 e. The molecule has 6 rings (SSSR count). The second-order valence-corrected chi connectivity index (χ2v) is 10.5. The molecule has 37 heavy (non-hydrogen) atoms. The lowest BCUT2D eigenvalue weighted by Crippen LogP contribution is -2.41. The van der Waals surface area contributed by atoms with E-state index in [2.05, 4.69) is 24.5 Å². The molecule has 0 bridgehead atoms. The van der Waals surface area contributed by atoms with Gasteiger partial charge in [0.2, 0.25) is 12.7 Å². The first-order chi connectivity index (χ1) is 17.9. The van der Waals surface area contributed by atoms with E-state index in [-0.39, 0.29) is 30.4 Å². The summed E-state index contributed by atoms with van der Waals surface area (Å²) in [6.45, 7) is 4.81. The van der Waals surface area contributed by atoms with Gasteiger partial charge in [-0.25, -0.2) is 0 Å². The van der Waals surface area contributed by atoms with Gasteiger partial charge in [0.1, 0.15) is 11.8 Å². The van der Waals surface area contributed by atoms with E-state index in [4.69, 9.17) is 13.9 Å². The monoisotopic (exact) mass is 499 g/mol. The molecule has 8 heteroatoms. The van der Waals surface area contributed by atoms with Gasteiger partial charge in [-0.3, -0.25) is 9.59 Å². The SMILES string of the molecule is CC1(C)CC(=O)C2=C(C1)Nc1ccccc1N(CC(=O)NCc1ccc3c(c1)OCO3)C2c1ccco1. The number of nitrogens with zero attached hydrogens (tertiary/aromatic N) is 1. The predicted octanol–water partition coefficient (Wildman–Crippen LogP) is 4.94. The zero-order chi connectivity index (χ0) is 25.6. The Kier molecular flexibility index (Phi) is 5.67. The molecule has 0 saturated carbocycles. The summed E-state index contributed by atoms with van der Waals surface area (Å²) in [5.41, 5.74) is 3.99. The van der Waals surface area contributed by atoms with E-state index in [0.29, 0.717) is 35.8 Å². The topological polar surface area (TPSA) is 93.0 Å². The fourth-order valence-electron chi connectivity index (χ4n) is 5.43. The van der Waals surface area contributed by atoms with Gasteiger partial charge >= 0.3 is 0 Å². The van der Waals surface area contributed by atoms with Gasteiger partial charge in [0.25, 0.3) is 0 Å². The Hall–Kier alpha value is -4.20. The fraction of sp³-hybridized carbons (Fsp3) is 0.310. The Morgan fingerprint density at radius 1 is 1.08 bits per heavy atom. The van der Waals surface area contributed by atoms with Crippen LogP contribution in [0.4, 0.5) is 11.4 Å². The molecule has 1 aliphatic carbocycles. The second-order valence-electron chi connectivity index (χ2n) is 10.5. The van der Waals surface area contributed by atoms with Crippen molar-refractivity contribution in [2.45, 2.75) is 39.3 Å². The third-order valence-corrected chi connectivity index (χ3v) is 7.06. The summed E-state index contributed by atoms with van der Waals surface area (Å²) >= 11 is 0. The first-order valence-corrected chi connectivity index (χ1v) is 12.5. The molecular formula is C29H29N3O5. The van der Waals surface area contributed by atoms with Crippen LogP contribution in [-0.4, -0.2) is 25.0 Å². The van der Waals surface area contributed by atoms with Crippen molar-refractivity contribution < 1.29 is 23.5 Å². The van der Waals surface area contributed by atoms with E-state index in [1.807, 2.05) is 59.5 Å². The Morgan fingerprint density at radius 2 is 1.92 bits per heavy atom. The van der Waals surface area contributed by atoms with Crippen molar-refractivity contribution >= 4 is 23.1 Å². The van der Waals surface area contributed by atoms with Crippen molar-refractivity contribution in [3.8, 4) is 11.5 Å². The molecular weight excluding hydrogens is 470 g/mol. The number of Topliss-reactive ketones (excluding diaryl/α,β-unsaturated/α-hetero) is 1. The summed E-state index contributed by atoms with van der Waals surface area (Å²) in [5.74, 6) is 1.91. The second kappa shape index (κ2) is 9.03. The van der Waals surface area contributed by atoms with Gasteiger partial charge in [-0.2, -0.15) is 0 Å². The number of ether oxygens (including phenoxy) is 2. The maximum Gasteiger partial charge on any atom is 0.239 e. The molecule has 0 saturated heterocycles. The lowest BCUT2D eigenvalue weighted by Gasteiger charge is -2.36. The molecule has 3 aliphatic rings. The lowest BCUT2D eigenvalue weighted by atomic mass is 9.74. The minimum Gasteiger partial charge on any atom is -0.467 e. The van der Waals surface area contributed by atoms with Crippen LogP contribution in [0.2, 0.25) is 0 Å². The van der Waals surface area contributed by atoms with Crippen molar-refractivity contribution in [1.82, 2.24) is 5.32 Å². The number of furan rings is 1. The Bertz CT molecular complexity index is 1390. The predicted molar refractivity (Wildman–Crippen MR) is 138 cm³/mol.